The second-order valence-electron chi connectivity index (χ2n) is 4.16. The molecule has 0 saturated heterocycles. The Hall–Kier alpha value is -2.34. The molecule has 3 rings (SSSR count). The lowest BCUT2D eigenvalue weighted by Gasteiger charge is -1.99. The number of anilines is 1. The van der Waals surface area contributed by atoms with Gasteiger partial charge in [-0.2, -0.15) is 5.10 Å². The zero-order chi connectivity index (χ0) is 13.8. The van der Waals surface area contributed by atoms with Gasteiger partial charge in [0.25, 0.3) is 0 Å². The van der Waals surface area contributed by atoms with E-state index in [2.05, 4.69) is 38.5 Å². The minimum absolute atomic E-state index is 0.733. The smallest absolute Gasteiger partial charge is 0.158 e. The number of aryl methyl sites for hydroxylation is 1. The Morgan fingerprint density at radius 2 is 2.15 bits per heavy atom. The van der Waals surface area contributed by atoms with Gasteiger partial charge in [-0.05, 0) is 30.2 Å². The van der Waals surface area contributed by atoms with Crippen molar-refractivity contribution in [3.8, 4) is 0 Å². The Bertz CT molecular complexity index is 736. The first-order valence-corrected chi connectivity index (χ1v) is 7.11. The van der Waals surface area contributed by atoms with Gasteiger partial charge in [-0.25, -0.2) is 9.97 Å². The summed E-state index contributed by atoms with van der Waals surface area (Å²) in [6.45, 7) is 2.13. The molecule has 0 aliphatic heterocycles. The summed E-state index contributed by atoms with van der Waals surface area (Å²) in [6, 6.07) is 5.89. The van der Waals surface area contributed by atoms with Crippen molar-refractivity contribution in [3.05, 3.63) is 47.4 Å². The first-order valence-electron chi connectivity index (χ1n) is 6.29. The summed E-state index contributed by atoms with van der Waals surface area (Å²) in [4.78, 5) is 14.8. The van der Waals surface area contributed by atoms with Crippen molar-refractivity contribution >= 4 is 33.6 Å². The van der Waals surface area contributed by atoms with Crippen molar-refractivity contribution in [2.45, 2.75) is 13.3 Å². The predicted molar refractivity (Wildman–Crippen MR) is 82.2 cm³/mol. The van der Waals surface area contributed by atoms with E-state index in [0.29, 0.717) is 0 Å². The van der Waals surface area contributed by atoms with E-state index in [0.717, 1.165) is 28.0 Å². The van der Waals surface area contributed by atoms with Gasteiger partial charge in [-0.1, -0.05) is 6.92 Å². The number of rotatable bonds is 4. The molecule has 0 spiro atoms. The molecule has 3 aromatic rings. The van der Waals surface area contributed by atoms with Crippen molar-refractivity contribution < 1.29 is 0 Å². The topological polar surface area (TPSA) is 63.1 Å². The molecule has 0 unspecified atom stereocenters. The highest BCUT2D eigenvalue weighted by atomic mass is 32.1. The maximum atomic E-state index is 4.28. The van der Waals surface area contributed by atoms with Gasteiger partial charge in [-0.15, -0.1) is 11.3 Å². The van der Waals surface area contributed by atoms with Crippen LogP contribution in [0.3, 0.4) is 0 Å². The standard InChI is InChI=1S/C14H13N5S/c1-2-11-7-12-13(16-9-17-14(12)20-11)19-18-8-10-3-5-15-6-4-10/h3-9H,2H2,1H3,(H,16,17,19)/b18-8+. The van der Waals surface area contributed by atoms with E-state index in [4.69, 9.17) is 0 Å². The number of nitrogens with one attached hydrogen (secondary N) is 1. The summed E-state index contributed by atoms with van der Waals surface area (Å²) in [5.41, 5.74) is 3.96. The zero-order valence-corrected chi connectivity index (χ0v) is 11.8. The Balaban J connectivity index is 1.84. The minimum atomic E-state index is 0.733. The number of fused-ring (bicyclic) bond motifs is 1. The number of hydrogen-bond donors (Lipinski definition) is 1. The van der Waals surface area contributed by atoms with Crippen LogP contribution in [0.5, 0.6) is 0 Å². The minimum Gasteiger partial charge on any atom is -0.265 e. The van der Waals surface area contributed by atoms with E-state index in [-0.39, 0.29) is 0 Å². The van der Waals surface area contributed by atoms with Gasteiger partial charge >= 0.3 is 0 Å². The fourth-order valence-electron chi connectivity index (χ4n) is 1.79. The molecule has 6 heteroatoms. The van der Waals surface area contributed by atoms with Crippen LogP contribution in [0, 0.1) is 0 Å². The Morgan fingerprint density at radius 3 is 2.95 bits per heavy atom. The van der Waals surface area contributed by atoms with E-state index >= 15 is 0 Å². The highest BCUT2D eigenvalue weighted by molar-refractivity contribution is 7.18. The quantitative estimate of drug-likeness (QED) is 0.590. The molecule has 0 aromatic carbocycles. The molecule has 0 fully saturated rings. The normalized spacial score (nSPS) is 11.2. The lowest BCUT2D eigenvalue weighted by atomic mass is 10.3. The maximum Gasteiger partial charge on any atom is 0.158 e. The van der Waals surface area contributed by atoms with Crippen LogP contribution in [-0.2, 0) is 6.42 Å². The van der Waals surface area contributed by atoms with Crippen LogP contribution in [-0.4, -0.2) is 21.2 Å². The fraction of sp³-hybridized carbons (Fsp3) is 0.143. The van der Waals surface area contributed by atoms with Crippen LogP contribution in [0.1, 0.15) is 17.4 Å². The largest absolute Gasteiger partial charge is 0.265 e. The summed E-state index contributed by atoms with van der Waals surface area (Å²) < 4.78 is 0. The molecule has 0 aliphatic rings. The second-order valence-corrected chi connectivity index (χ2v) is 5.27. The van der Waals surface area contributed by atoms with E-state index in [1.165, 1.54) is 4.88 Å². The molecule has 0 aliphatic carbocycles. The van der Waals surface area contributed by atoms with E-state index in [1.807, 2.05) is 12.1 Å². The summed E-state index contributed by atoms with van der Waals surface area (Å²) in [5, 5.41) is 5.22. The summed E-state index contributed by atoms with van der Waals surface area (Å²) in [7, 11) is 0. The fourth-order valence-corrected chi connectivity index (χ4v) is 2.72. The first-order chi connectivity index (χ1) is 9.86. The number of nitrogens with zero attached hydrogens (tertiary/aromatic N) is 4. The molecule has 0 atom stereocenters. The lowest BCUT2D eigenvalue weighted by molar-refractivity contribution is 1.18. The number of hydrazone groups is 1. The van der Waals surface area contributed by atoms with Crippen LogP contribution in [0.2, 0.25) is 0 Å². The third-order valence-electron chi connectivity index (χ3n) is 2.82. The molecule has 3 aromatic heterocycles. The number of aromatic nitrogens is 3. The molecule has 3 heterocycles. The third-order valence-corrected chi connectivity index (χ3v) is 4.01. The van der Waals surface area contributed by atoms with Crippen LogP contribution >= 0.6 is 11.3 Å². The van der Waals surface area contributed by atoms with Crippen molar-refractivity contribution in [1.82, 2.24) is 15.0 Å². The summed E-state index contributed by atoms with van der Waals surface area (Å²) >= 11 is 1.69. The predicted octanol–water partition coefficient (Wildman–Crippen LogP) is 3.09. The van der Waals surface area contributed by atoms with Gasteiger partial charge in [0.1, 0.15) is 11.2 Å². The van der Waals surface area contributed by atoms with Gasteiger partial charge in [0.2, 0.25) is 0 Å². The molecule has 0 saturated carbocycles. The highest BCUT2D eigenvalue weighted by Crippen LogP contribution is 2.28. The van der Waals surface area contributed by atoms with Crippen LogP contribution in [0.15, 0.2) is 42.0 Å². The van der Waals surface area contributed by atoms with E-state index in [9.17, 15) is 0 Å². The SMILES string of the molecule is CCc1cc2c(N/N=C/c3ccncc3)ncnc2s1. The Morgan fingerprint density at radius 1 is 1.30 bits per heavy atom. The van der Waals surface area contributed by atoms with Crippen molar-refractivity contribution in [2.24, 2.45) is 5.10 Å². The number of thiophene rings is 1. The molecular formula is C14H13N5S. The van der Waals surface area contributed by atoms with Crippen molar-refractivity contribution in [3.63, 3.8) is 0 Å². The van der Waals surface area contributed by atoms with Crippen molar-refractivity contribution in [1.29, 1.82) is 0 Å². The third kappa shape index (κ3) is 2.65. The van der Waals surface area contributed by atoms with Gasteiger partial charge in [0.15, 0.2) is 5.82 Å². The van der Waals surface area contributed by atoms with E-state index in [1.54, 1.807) is 36.3 Å². The average Bonchev–Trinajstić information content (AvgIpc) is 2.92. The molecule has 0 radical (unpaired) electrons. The maximum absolute atomic E-state index is 4.28. The van der Waals surface area contributed by atoms with Crippen LogP contribution in [0.4, 0.5) is 5.82 Å². The first kappa shape index (κ1) is 12.7. The van der Waals surface area contributed by atoms with Crippen LogP contribution in [0.25, 0.3) is 10.2 Å². The Labute approximate surface area is 120 Å². The molecular weight excluding hydrogens is 270 g/mol. The molecule has 0 amide bonds. The van der Waals surface area contributed by atoms with Gasteiger partial charge in [-0.3, -0.25) is 10.4 Å². The monoisotopic (exact) mass is 283 g/mol. The van der Waals surface area contributed by atoms with Crippen LogP contribution < -0.4 is 5.43 Å². The summed E-state index contributed by atoms with van der Waals surface area (Å²) in [6.07, 6.45) is 7.76. The lowest BCUT2D eigenvalue weighted by Crippen LogP contribution is -1.94. The molecule has 5 nitrogen and oxygen atoms in total. The summed E-state index contributed by atoms with van der Waals surface area (Å²) in [5.74, 6) is 0.733. The molecule has 100 valence electrons. The van der Waals surface area contributed by atoms with Gasteiger partial charge in [0.05, 0.1) is 11.6 Å². The van der Waals surface area contributed by atoms with Gasteiger partial charge < -0.3 is 0 Å². The molecule has 0 bridgehead atoms. The second kappa shape index (κ2) is 5.75. The molecule has 20 heavy (non-hydrogen) atoms. The van der Waals surface area contributed by atoms with Crippen molar-refractivity contribution in [2.75, 3.05) is 5.43 Å². The number of hydrogen-bond acceptors (Lipinski definition) is 6. The molecule has 1 N–H and O–H groups in total. The highest BCUT2D eigenvalue weighted by Gasteiger charge is 2.06. The van der Waals surface area contributed by atoms with Gasteiger partial charge in [0, 0.05) is 17.3 Å². The average molecular weight is 283 g/mol. The number of pyridine rings is 1. The van der Waals surface area contributed by atoms with E-state index < -0.39 is 0 Å². The Kier molecular flexibility index (Phi) is 3.64. The zero-order valence-electron chi connectivity index (χ0n) is 10.9.